The Kier molecular flexibility index (Phi) is 32.4. The molecule has 0 amide bonds. The molecule has 0 radical (unpaired) electrons. The lowest BCUT2D eigenvalue weighted by Crippen LogP contribution is -2.30. The molecule has 0 aromatic rings. The van der Waals surface area contributed by atoms with Crippen LogP contribution < -0.4 is 0 Å². The average Bonchev–Trinajstić information content (AvgIpc) is 2.98. The van der Waals surface area contributed by atoms with Gasteiger partial charge in [0.15, 0.2) is 0 Å². The summed E-state index contributed by atoms with van der Waals surface area (Å²) in [7, 11) is -3.87. The quantitative estimate of drug-likeness (QED) is 0.0413. The summed E-state index contributed by atoms with van der Waals surface area (Å²) in [6.45, 7) is 7.33. The minimum absolute atomic E-state index is 0.133. The van der Waals surface area contributed by atoms with Gasteiger partial charge in [-0.25, -0.2) is 4.57 Å². The number of rotatable bonds is 35. The molecular formula is C34H72NO6P. The summed E-state index contributed by atoms with van der Waals surface area (Å²) >= 11 is 0. The lowest BCUT2D eigenvalue weighted by atomic mass is 9.95. The van der Waals surface area contributed by atoms with Crippen molar-refractivity contribution in [2.45, 2.75) is 175 Å². The highest BCUT2D eigenvalue weighted by molar-refractivity contribution is 7.48. The number of nitrogens with zero attached hydrogens (tertiary/aromatic N) is 1. The van der Waals surface area contributed by atoms with Crippen LogP contribution in [-0.2, 0) is 18.2 Å². The van der Waals surface area contributed by atoms with Crippen molar-refractivity contribution in [1.29, 1.82) is 0 Å². The van der Waals surface area contributed by atoms with Gasteiger partial charge in [0, 0.05) is 13.1 Å². The van der Waals surface area contributed by atoms with Crippen LogP contribution in [0.25, 0.3) is 0 Å². The topological polar surface area (TPSA) is 88.5 Å². The van der Waals surface area contributed by atoms with Crippen molar-refractivity contribution in [3.05, 3.63) is 0 Å². The van der Waals surface area contributed by atoms with E-state index < -0.39 is 7.82 Å². The van der Waals surface area contributed by atoms with Gasteiger partial charge >= 0.3 is 7.82 Å². The van der Waals surface area contributed by atoms with Crippen LogP contribution in [-0.4, -0.2) is 54.8 Å². The van der Waals surface area contributed by atoms with Crippen molar-refractivity contribution >= 4 is 7.82 Å². The summed E-state index contributed by atoms with van der Waals surface area (Å²) in [5, 5.41) is 20.2. The second-order valence-corrected chi connectivity index (χ2v) is 13.8. The molecular weight excluding hydrogens is 549 g/mol. The minimum atomic E-state index is -3.87. The lowest BCUT2D eigenvalue weighted by molar-refractivity contribution is -0.106. The zero-order valence-corrected chi connectivity index (χ0v) is 29.1. The Labute approximate surface area is 261 Å². The van der Waals surface area contributed by atoms with Crippen LogP contribution in [0.1, 0.15) is 175 Å². The van der Waals surface area contributed by atoms with Gasteiger partial charge in [0.05, 0.1) is 26.4 Å². The lowest BCUT2D eigenvalue weighted by Gasteiger charge is -2.27. The Morgan fingerprint density at radius 1 is 0.548 bits per heavy atom. The number of phosphoric ester groups is 1. The van der Waals surface area contributed by atoms with Crippen LogP contribution in [0.15, 0.2) is 0 Å². The number of hydroxylamine groups is 2. The van der Waals surface area contributed by atoms with E-state index in [-0.39, 0.29) is 26.3 Å². The van der Waals surface area contributed by atoms with Crippen LogP contribution in [0, 0.1) is 5.92 Å². The van der Waals surface area contributed by atoms with Gasteiger partial charge in [-0.3, -0.25) is 9.05 Å². The summed E-state index contributed by atoms with van der Waals surface area (Å²) in [4.78, 5) is 0. The third-order valence-electron chi connectivity index (χ3n) is 8.06. The van der Waals surface area contributed by atoms with E-state index in [1.54, 1.807) is 0 Å². The summed E-state index contributed by atoms with van der Waals surface area (Å²) in [6, 6.07) is 0. The molecule has 0 bridgehead atoms. The van der Waals surface area contributed by atoms with Crippen LogP contribution >= 0.6 is 7.82 Å². The van der Waals surface area contributed by atoms with Gasteiger partial charge in [-0.05, 0) is 25.2 Å². The first-order chi connectivity index (χ1) is 20.5. The number of hydrogen-bond acceptors (Lipinski definition) is 7. The molecule has 42 heavy (non-hydrogen) atoms. The Balaban J connectivity index is 4.81. The monoisotopic (exact) mass is 622 g/mol. The Hall–Kier alpha value is -0.0100. The van der Waals surface area contributed by atoms with Crippen LogP contribution in [0.5, 0.6) is 0 Å². The normalized spacial score (nSPS) is 14.0. The number of aliphatic hydroxyl groups excluding tert-OH is 2. The van der Waals surface area contributed by atoms with Crippen molar-refractivity contribution in [2.24, 2.45) is 5.92 Å². The summed E-state index contributed by atoms with van der Waals surface area (Å²) in [6.07, 6.45) is 29.4. The van der Waals surface area contributed by atoms with E-state index >= 15 is 0 Å². The van der Waals surface area contributed by atoms with Crippen LogP contribution in [0.2, 0.25) is 0 Å². The van der Waals surface area contributed by atoms with Crippen molar-refractivity contribution in [3.63, 3.8) is 0 Å². The summed E-state index contributed by atoms with van der Waals surface area (Å²) in [5.41, 5.74) is 0. The number of aliphatic hydroxyl groups is 2. The van der Waals surface area contributed by atoms with Gasteiger partial charge < -0.3 is 10.2 Å². The molecule has 2 unspecified atom stereocenters. The molecule has 2 N–H and O–H groups in total. The Morgan fingerprint density at radius 2 is 0.929 bits per heavy atom. The van der Waals surface area contributed by atoms with Crippen LogP contribution in [0.3, 0.4) is 0 Å². The Bertz CT molecular complexity index is 576. The zero-order valence-electron chi connectivity index (χ0n) is 28.2. The number of hydrogen-bond donors (Lipinski definition) is 2. The first-order valence-corrected chi connectivity index (χ1v) is 19.6. The van der Waals surface area contributed by atoms with Crippen molar-refractivity contribution < 1.29 is 28.5 Å². The Morgan fingerprint density at radius 3 is 1.36 bits per heavy atom. The highest BCUT2D eigenvalue weighted by Crippen LogP contribution is 2.51. The van der Waals surface area contributed by atoms with Crippen molar-refractivity contribution in [2.75, 3.05) is 39.5 Å². The molecule has 2 atom stereocenters. The fourth-order valence-electron chi connectivity index (χ4n) is 5.34. The van der Waals surface area contributed by atoms with E-state index in [2.05, 4.69) is 20.8 Å². The van der Waals surface area contributed by atoms with E-state index in [1.807, 2.05) is 0 Å². The maximum atomic E-state index is 13.7. The molecule has 0 spiro atoms. The van der Waals surface area contributed by atoms with E-state index in [0.29, 0.717) is 19.1 Å². The molecule has 0 aromatic heterocycles. The predicted octanol–water partition coefficient (Wildman–Crippen LogP) is 10.4. The molecule has 254 valence electrons. The standard InChI is InChI=1S/C34H72NO6P/c1-4-7-10-13-15-17-18-20-22-25-32-39-42(38,41-35(28-30-36)29-31-37)40-33-34(26-23-12-9-6-3)27-24-21-19-16-14-11-8-5-2/h34,36-37H,4-33H2,1-3H3. The molecule has 0 rings (SSSR count). The third-order valence-corrected chi connectivity index (χ3v) is 9.46. The predicted molar refractivity (Wildman–Crippen MR) is 178 cm³/mol. The van der Waals surface area contributed by atoms with Gasteiger partial charge in [-0.2, -0.15) is 9.69 Å². The molecule has 0 fully saturated rings. The van der Waals surface area contributed by atoms with Gasteiger partial charge in [-0.15, -0.1) is 0 Å². The van der Waals surface area contributed by atoms with E-state index in [0.717, 1.165) is 38.5 Å². The number of phosphoric acid groups is 1. The zero-order chi connectivity index (χ0) is 31.0. The van der Waals surface area contributed by atoms with Crippen molar-refractivity contribution in [1.82, 2.24) is 5.06 Å². The number of unbranched alkanes of at least 4 members (excludes halogenated alkanes) is 19. The highest BCUT2D eigenvalue weighted by atomic mass is 31.2. The van der Waals surface area contributed by atoms with E-state index in [9.17, 15) is 14.8 Å². The van der Waals surface area contributed by atoms with Gasteiger partial charge in [0.25, 0.3) is 0 Å². The second-order valence-electron chi connectivity index (χ2n) is 12.2. The SMILES string of the molecule is CCCCCCCCCCCCOP(=O)(OCC(CCCCCC)CCCCCCCCCC)ON(CCO)CCO. The maximum Gasteiger partial charge on any atom is 0.491 e. The van der Waals surface area contributed by atoms with Crippen LogP contribution in [0.4, 0.5) is 0 Å². The van der Waals surface area contributed by atoms with Gasteiger partial charge in [-0.1, -0.05) is 156 Å². The molecule has 7 nitrogen and oxygen atoms in total. The molecule has 0 aromatic carbocycles. The minimum Gasteiger partial charge on any atom is -0.395 e. The van der Waals surface area contributed by atoms with E-state index in [1.165, 1.54) is 121 Å². The average molecular weight is 622 g/mol. The third kappa shape index (κ3) is 27.5. The molecule has 0 saturated heterocycles. The van der Waals surface area contributed by atoms with Gasteiger partial charge in [0.2, 0.25) is 0 Å². The van der Waals surface area contributed by atoms with Gasteiger partial charge in [0.1, 0.15) is 0 Å². The highest BCUT2D eigenvalue weighted by Gasteiger charge is 2.31. The molecule has 0 aliphatic carbocycles. The fourth-order valence-corrected chi connectivity index (χ4v) is 6.70. The van der Waals surface area contributed by atoms with Crippen molar-refractivity contribution in [3.8, 4) is 0 Å². The van der Waals surface area contributed by atoms with E-state index in [4.69, 9.17) is 13.7 Å². The molecule has 0 saturated carbocycles. The summed E-state index contributed by atoms with van der Waals surface area (Å²) < 4.78 is 31.3. The maximum absolute atomic E-state index is 13.7. The second kappa shape index (κ2) is 32.4. The molecule has 8 heteroatoms. The molecule has 0 aliphatic rings. The first kappa shape index (κ1) is 42.0. The first-order valence-electron chi connectivity index (χ1n) is 18.1. The smallest absolute Gasteiger partial charge is 0.395 e. The molecule has 0 aliphatic heterocycles. The largest absolute Gasteiger partial charge is 0.491 e. The fraction of sp³-hybridized carbons (Fsp3) is 1.00. The molecule has 0 heterocycles. The summed E-state index contributed by atoms with van der Waals surface area (Å²) in [5.74, 6) is 0.323.